The number of halogens is 1. The van der Waals surface area contributed by atoms with E-state index in [0.29, 0.717) is 17.7 Å². The normalized spacial score (nSPS) is 10.4. The van der Waals surface area contributed by atoms with Crippen molar-refractivity contribution in [2.75, 3.05) is 13.7 Å². The van der Waals surface area contributed by atoms with Crippen LogP contribution in [0.15, 0.2) is 36.4 Å². The first-order valence-electron chi connectivity index (χ1n) is 7.74. The van der Waals surface area contributed by atoms with Crippen molar-refractivity contribution >= 4 is 11.6 Å². The van der Waals surface area contributed by atoms with Gasteiger partial charge in [0.15, 0.2) is 11.6 Å². The van der Waals surface area contributed by atoms with Crippen LogP contribution in [0.2, 0.25) is 0 Å². The number of benzene rings is 2. The summed E-state index contributed by atoms with van der Waals surface area (Å²) in [5, 5.41) is 11.1. The monoisotopic (exact) mass is 346 g/mol. The van der Waals surface area contributed by atoms with E-state index in [1.165, 1.54) is 36.3 Å². The second-order valence-corrected chi connectivity index (χ2v) is 5.50. The smallest absolute Gasteiger partial charge is 0.273 e. The number of nitro groups is 1. The van der Waals surface area contributed by atoms with Crippen molar-refractivity contribution in [1.29, 1.82) is 0 Å². The minimum atomic E-state index is -0.513. The van der Waals surface area contributed by atoms with E-state index in [9.17, 15) is 19.3 Å². The van der Waals surface area contributed by atoms with Gasteiger partial charge < -0.3 is 9.64 Å². The number of nitrogens with zero attached hydrogens (tertiary/aromatic N) is 2. The molecule has 0 radical (unpaired) electrons. The highest BCUT2D eigenvalue weighted by molar-refractivity contribution is 5.96. The van der Waals surface area contributed by atoms with E-state index in [4.69, 9.17) is 4.74 Å². The molecule has 0 unspecified atom stereocenters. The first-order chi connectivity index (χ1) is 11.9. The zero-order chi connectivity index (χ0) is 18.6. The van der Waals surface area contributed by atoms with Gasteiger partial charge in [0.1, 0.15) is 0 Å². The molecule has 0 aromatic heterocycles. The maximum Gasteiger partial charge on any atom is 0.273 e. The first-order valence-corrected chi connectivity index (χ1v) is 7.74. The van der Waals surface area contributed by atoms with Crippen LogP contribution < -0.4 is 4.74 Å². The molecule has 2 aromatic rings. The summed E-state index contributed by atoms with van der Waals surface area (Å²) in [6.45, 7) is 3.92. The SMILES string of the molecule is CCN(Cc1ccc(OC)c(F)c1)C(=O)c1cccc([N+](=O)[O-])c1C. The zero-order valence-corrected chi connectivity index (χ0v) is 14.3. The molecule has 1 amide bonds. The summed E-state index contributed by atoms with van der Waals surface area (Å²) in [6.07, 6.45) is 0. The van der Waals surface area contributed by atoms with E-state index in [2.05, 4.69) is 0 Å². The first kappa shape index (κ1) is 18.4. The molecule has 0 N–H and O–H groups in total. The maximum atomic E-state index is 13.8. The van der Waals surface area contributed by atoms with Gasteiger partial charge in [0.05, 0.1) is 12.0 Å². The number of methoxy groups -OCH3 is 1. The summed E-state index contributed by atoms with van der Waals surface area (Å²) < 4.78 is 18.7. The molecule has 2 aromatic carbocycles. The summed E-state index contributed by atoms with van der Waals surface area (Å²) in [4.78, 5) is 24.8. The highest BCUT2D eigenvalue weighted by Gasteiger charge is 2.22. The topological polar surface area (TPSA) is 72.7 Å². The van der Waals surface area contributed by atoms with Crippen molar-refractivity contribution in [2.45, 2.75) is 20.4 Å². The summed E-state index contributed by atoms with van der Waals surface area (Å²) in [5.74, 6) is -0.706. The van der Waals surface area contributed by atoms with Gasteiger partial charge in [-0.2, -0.15) is 0 Å². The predicted octanol–water partition coefficient (Wildman–Crippen LogP) is 3.71. The number of carbonyl (C=O) groups excluding carboxylic acids is 1. The molecule has 0 heterocycles. The van der Waals surface area contributed by atoms with Gasteiger partial charge in [-0.15, -0.1) is 0 Å². The van der Waals surface area contributed by atoms with Crippen molar-refractivity contribution in [3.63, 3.8) is 0 Å². The summed E-state index contributed by atoms with van der Waals surface area (Å²) in [7, 11) is 1.38. The van der Waals surface area contributed by atoms with Gasteiger partial charge in [0.25, 0.3) is 11.6 Å². The lowest BCUT2D eigenvalue weighted by atomic mass is 10.0. The number of ether oxygens (including phenoxy) is 1. The molecule has 0 atom stereocenters. The lowest BCUT2D eigenvalue weighted by molar-refractivity contribution is -0.385. The lowest BCUT2D eigenvalue weighted by Gasteiger charge is -2.22. The predicted molar refractivity (Wildman–Crippen MR) is 91.2 cm³/mol. The van der Waals surface area contributed by atoms with Crippen LogP contribution in [0.1, 0.15) is 28.4 Å². The number of rotatable bonds is 6. The van der Waals surface area contributed by atoms with Crippen LogP contribution in [0.3, 0.4) is 0 Å². The van der Waals surface area contributed by atoms with Gasteiger partial charge in [-0.25, -0.2) is 4.39 Å². The average molecular weight is 346 g/mol. The Kier molecular flexibility index (Phi) is 5.69. The van der Waals surface area contributed by atoms with Crippen LogP contribution >= 0.6 is 0 Å². The fraction of sp³-hybridized carbons (Fsp3) is 0.278. The molecular formula is C18H19FN2O4. The van der Waals surface area contributed by atoms with Crippen molar-refractivity contribution in [2.24, 2.45) is 0 Å². The highest BCUT2D eigenvalue weighted by Crippen LogP contribution is 2.24. The molecule has 0 bridgehead atoms. The minimum absolute atomic E-state index is 0.0996. The third kappa shape index (κ3) is 3.93. The van der Waals surface area contributed by atoms with Crippen LogP contribution in [0, 0.1) is 22.9 Å². The molecule has 0 spiro atoms. The number of carbonyl (C=O) groups is 1. The number of amides is 1. The van der Waals surface area contributed by atoms with Gasteiger partial charge in [0, 0.05) is 30.3 Å². The Hall–Kier alpha value is -2.96. The fourth-order valence-electron chi connectivity index (χ4n) is 2.58. The molecule has 0 aliphatic heterocycles. The van der Waals surface area contributed by atoms with Crippen molar-refractivity contribution < 1.29 is 18.8 Å². The van der Waals surface area contributed by atoms with Gasteiger partial charge >= 0.3 is 0 Å². The molecule has 0 aliphatic rings. The van der Waals surface area contributed by atoms with Crippen LogP contribution in [0.5, 0.6) is 5.75 Å². The van der Waals surface area contributed by atoms with E-state index in [1.807, 2.05) is 0 Å². The van der Waals surface area contributed by atoms with E-state index >= 15 is 0 Å². The van der Waals surface area contributed by atoms with Crippen molar-refractivity contribution in [1.82, 2.24) is 4.90 Å². The summed E-state index contributed by atoms with van der Waals surface area (Å²) in [6, 6.07) is 8.90. The summed E-state index contributed by atoms with van der Waals surface area (Å²) >= 11 is 0. The Bertz CT molecular complexity index is 808. The zero-order valence-electron chi connectivity index (χ0n) is 14.3. The van der Waals surface area contributed by atoms with Crippen molar-refractivity contribution in [3.8, 4) is 5.75 Å². The Morgan fingerprint density at radius 3 is 2.60 bits per heavy atom. The number of nitro benzene ring substituents is 1. The van der Waals surface area contributed by atoms with E-state index in [1.54, 1.807) is 26.0 Å². The van der Waals surface area contributed by atoms with E-state index in [0.717, 1.165) is 0 Å². The van der Waals surface area contributed by atoms with E-state index in [-0.39, 0.29) is 29.5 Å². The number of hydrogen-bond donors (Lipinski definition) is 0. The van der Waals surface area contributed by atoms with Crippen molar-refractivity contribution in [3.05, 3.63) is 69.0 Å². The Labute approximate surface area is 145 Å². The molecule has 0 aliphatic carbocycles. The average Bonchev–Trinajstić information content (AvgIpc) is 2.59. The second kappa shape index (κ2) is 7.74. The third-order valence-electron chi connectivity index (χ3n) is 3.99. The second-order valence-electron chi connectivity index (χ2n) is 5.50. The fourth-order valence-corrected chi connectivity index (χ4v) is 2.58. The van der Waals surface area contributed by atoms with Crippen LogP contribution in [0.4, 0.5) is 10.1 Å². The maximum absolute atomic E-state index is 13.8. The Morgan fingerprint density at radius 1 is 1.32 bits per heavy atom. The van der Waals surface area contributed by atoms with E-state index < -0.39 is 10.7 Å². The van der Waals surface area contributed by atoms with Crippen LogP contribution in [-0.2, 0) is 6.54 Å². The van der Waals surface area contributed by atoms with Gasteiger partial charge in [-0.1, -0.05) is 12.1 Å². The Morgan fingerprint density at radius 2 is 2.04 bits per heavy atom. The van der Waals surface area contributed by atoms with Gasteiger partial charge in [-0.3, -0.25) is 14.9 Å². The van der Waals surface area contributed by atoms with Crippen LogP contribution in [-0.4, -0.2) is 29.4 Å². The third-order valence-corrected chi connectivity index (χ3v) is 3.99. The highest BCUT2D eigenvalue weighted by atomic mass is 19.1. The molecule has 2 rings (SSSR count). The summed E-state index contributed by atoms with van der Waals surface area (Å²) in [5.41, 5.74) is 1.09. The molecule has 132 valence electrons. The number of hydrogen-bond acceptors (Lipinski definition) is 4. The molecule has 7 heteroatoms. The molecule has 0 saturated carbocycles. The lowest BCUT2D eigenvalue weighted by Crippen LogP contribution is -2.31. The molecule has 6 nitrogen and oxygen atoms in total. The molecule has 25 heavy (non-hydrogen) atoms. The Balaban J connectivity index is 2.29. The standard InChI is InChI=1S/C18H19FN2O4/c1-4-20(11-13-8-9-17(25-3)15(19)10-13)18(22)14-6-5-7-16(12(14)2)21(23)24/h5-10H,4,11H2,1-3H3. The molecule has 0 fully saturated rings. The molecule has 0 saturated heterocycles. The minimum Gasteiger partial charge on any atom is -0.494 e. The molecular weight excluding hydrogens is 327 g/mol. The van der Waals surface area contributed by atoms with Crippen LogP contribution in [0.25, 0.3) is 0 Å². The quantitative estimate of drug-likeness (QED) is 0.590. The largest absolute Gasteiger partial charge is 0.494 e. The van der Waals surface area contributed by atoms with Gasteiger partial charge in [0.2, 0.25) is 0 Å². The van der Waals surface area contributed by atoms with Gasteiger partial charge in [-0.05, 0) is 37.6 Å².